The van der Waals surface area contributed by atoms with Gasteiger partial charge in [-0.2, -0.15) is 0 Å². The van der Waals surface area contributed by atoms with Gasteiger partial charge in [0.2, 0.25) is 0 Å². The predicted molar refractivity (Wildman–Crippen MR) is 116 cm³/mol. The molecule has 2 rings (SSSR count). The average Bonchev–Trinajstić information content (AvgIpc) is 2.87. The first-order chi connectivity index (χ1) is 16.5. The van der Waals surface area contributed by atoms with Gasteiger partial charge in [0, 0.05) is 0 Å². The summed E-state index contributed by atoms with van der Waals surface area (Å²) in [6.07, 6.45) is -1.59. The van der Waals surface area contributed by atoms with Crippen LogP contribution in [0.1, 0.15) is 11.1 Å². The molecule has 0 aliphatic heterocycles. The fourth-order valence-corrected chi connectivity index (χ4v) is 2.48. The summed E-state index contributed by atoms with van der Waals surface area (Å²) < 4.78 is 29.7. The first kappa shape index (κ1) is 26.5. The Labute approximate surface area is 196 Å². The quantitative estimate of drug-likeness (QED) is 0.173. The van der Waals surface area contributed by atoms with Gasteiger partial charge in [-0.05, 0) is 11.1 Å². The third-order valence-electron chi connectivity index (χ3n) is 4.18. The summed E-state index contributed by atoms with van der Waals surface area (Å²) in [6.45, 7) is -1.31. The number of methoxy groups -OCH3 is 1. The molecule has 10 heteroatoms. The molecule has 0 aliphatic carbocycles. The van der Waals surface area contributed by atoms with Gasteiger partial charge in [0.1, 0.15) is 19.8 Å². The monoisotopic (exact) mass is 474 g/mol. The highest BCUT2D eigenvalue weighted by molar-refractivity contribution is 5.98. The van der Waals surface area contributed by atoms with Crippen LogP contribution in [0.4, 0.5) is 0 Å². The van der Waals surface area contributed by atoms with E-state index < -0.39 is 43.2 Å². The molecule has 0 spiro atoms. The van der Waals surface area contributed by atoms with Crippen molar-refractivity contribution < 1.29 is 47.6 Å². The Kier molecular flexibility index (Phi) is 11.8. The maximum atomic E-state index is 12.2. The van der Waals surface area contributed by atoms with Crippen molar-refractivity contribution in [1.29, 1.82) is 0 Å². The molecule has 0 saturated heterocycles. The van der Waals surface area contributed by atoms with Crippen LogP contribution in [-0.4, -0.2) is 63.5 Å². The van der Waals surface area contributed by atoms with E-state index >= 15 is 0 Å². The number of carbonyl (C=O) groups is 4. The Balaban J connectivity index is 1.61. The third-order valence-corrected chi connectivity index (χ3v) is 4.18. The van der Waals surface area contributed by atoms with Gasteiger partial charge >= 0.3 is 23.9 Å². The molecule has 0 aliphatic rings. The lowest BCUT2D eigenvalue weighted by Gasteiger charge is -2.15. The molecule has 0 bridgehead atoms. The Morgan fingerprint density at radius 1 is 0.676 bits per heavy atom. The fraction of sp³-hybridized carbons (Fsp3) is 0.333. The van der Waals surface area contributed by atoms with Gasteiger partial charge in [-0.1, -0.05) is 60.7 Å². The van der Waals surface area contributed by atoms with Crippen LogP contribution in [0, 0.1) is 0 Å². The molecule has 1 atom stereocenters. The number of ether oxygens (including phenoxy) is 6. The molecule has 0 unspecified atom stereocenters. The predicted octanol–water partition coefficient (Wildman–Crippen LogP) is 1.59. The molecule has 34 heavy (non-hydrogen) atoms. The Morgan fingerprint density at radius 2 is 1.24 bits per heavy atom. The van der Waals surface area contributed by atoms with Gasteiger partial charge in [0.15, 0.2) is 6.61 Å². The molecule has 0 amide bonds. The van der Waals surface area contributed by atoms with Crippen LogP contribution in [0.25, 0.3) is 0 Å². The van der Waals surface area contributed by atoms with E-state index in [1.165, 1.54) is 0 Å². The first-order valence-corrected chi connectivity index (χ1v) is 10.3. The van der Waals surface area contributed by atoms with Gasteiger partial charge < -0.3 is 28.4 Å². The molecule has 182 valence electrons. The number of rotatable bonds is 14. The van der Waals surface area contributed by atoms with E-state index in [1.807, 2.05) is 24.3 Å². The number of esters is 4. The molecule has 0 fully saturated rings. The summed E-state index contributed by atoms with van der Waals surface area (Å²) in [6, 6.07) is 18.0. The Hall–Kier alpha value is -3.76. The van der Waals surface area contributed by atoms with Gasteiger partial charge in [-0.15, -0.1) is 0 Å². The summed E-state index contributed by atoms with van der Waals surface area (Å²) in [4.78, 5) is 47.3. The molecule has 0 N–H and O–H groups in total. The standard InChI is InChI=1S/C24H26O10/c1-29-23(27)22(24(28)34-15-19-10-6-3-7-11-19)31-13-12-30-16-20(25)33-17-21(26)32-14-18-8-4-2-5-9-18/h2-11,22H,12-17H2,1H3/t22-/m1/s1. The molecule has 10 nitrogen and oxygen atoms in total. The minimum atomic E-state index is -1.59. The summed E-state index contributed by atoms with van der Waals surface area (Å²) in [7, 11) is 1.11. The van der Waals surface area contributed by atoms with Crippen molar-refractivity contribution in [2.75, 3.05) is 33.5 Å². The summed E-state index contributed by atoms with van der Waals surface area (Å²) in [5.74, 6) is -3.32. The summed E-state index contributed by atoms with van der Waals surface area (Å²) in [5.41, 5.74) is 1.55. The van der Waals surface area contributed by atoms with E-state index in [0.29, 0.717) is 0 Å². The van der Waals surface area contributed by atoms with Gasteiger partial charge in [-0.3, -0.25) is 0 Å². The zero-order valence-corrected chi connectivity index (χ0v) is 18.7. The van der Waals surface area contributed by atoms with Crippen molar-refractivity contribution in [1.82, 2.24) is 0 Å². The molecule has 0 saturated carbocycles. The average molecular weight is 474 g/mol. The van der Waals surface area contributed by atoms with Crippen LogP contribution in [0.2, 0.25) is 0 Å². The second-order valence-corrected chi connectivity index (χ2v) is 6.73. The second-order valence-electron chi connectivity index (χ2n) is 6.73. The SMILES string of the molecule is COC(=O)[C@@H](OCCOCC(=O)OCC(=O)OCc1ccccc1)C(=O)OCc1ccccc1. The van der Waals surface area contributed by atoms with E-state index in [-0.39, 0.29) is 26.4 Å². The van der Waals surface area contributed by atoms with E-state index in [4.69, 9.17) is 23.7 Å². The molecular weight excluding hydrogens is 448 g/mol. The lowest BCUT2D eigenvalue weighted by Crippen LogP contribution is -2.36. The normalized spacial score (nSPS) is 11.2. The molecule has 0 aromatic heterocycles. The third kappa shape index (κ3) is 10.2. The molecule has 0 radical (unpaired) electrons. The number of carbonyl (C=O) groups excluding carboxylic acids is 4. The van der Waals surface area contributed by atoms with Crippen molar-refractivity contribution in [2.24, 2.45) is 0 Å². The second kappa shape index (κ2) is 15.1. The molecule has 0 heterocycles. The topological polar surface area (TPSA) is 124 Å². The lowest BCUT2D eigenvalue weighted by atomic mass is 10.2. The summed E-state index contributed by atoms with van der Waals surface area (Å²) in [5, 5.41) is 0. The van der Waals surface area contributed by atoms with E-state index in [0.717, 1.165) is 18.2 Å². The fourth-order valence-electron chi connectivity index (χ4n) is 2.48. The lowest BCUT2D eigenvalue weighted by molar-refractivity contribution is -0.174. The van der Waals surface area contributed by atoms with E-state index in [9.17, 15) is 19.2 Å². The zero-order chi connectivity index (χ0) is 24.6. The molecular formula is C24H26O10. The number of hydrogen-bond acceptors (Lipinski definition) is 10. The van der Waals surface area contributed by atoms with Crippen LogP contribution in [0.3, 0.4) is 0 Å². The maximum absolute atomic E-state index is 12.2. The van der Waals surface area contributed by atoms with Crippen LogP contribution < -0.4 is 0 Å². The Bertz CT molecular complexity index is 914. The molecule has 2 aromatic rings. The first-order valence-electron chi connectivity index (χ1n) is 10.3. The minimum absolute atomic E-state index is 0.0351. The van der Waals surface area contributed by atoms with Gasteiger partial charge in [-0.25, -0.2) is 19.2 Å². The largest absolute Gasteiger partial charge is 0.467 e. The van der Waals surface area contributed by atoms with Crippen LogP contribution >= 0.6 is 0 Å². The Morgan fingerprint density at radius 3 is 1.82 bits per heavy atom. The van der Waals surface area contributed by atoms with E-state index in [1.54, 1.807) is 36.4 Å². The van der Waals surface area contributed by atoms with E-state index in [2.05, 4.69) is 4.74 Å². The van der Waals surface area contributed by atoms with Crippen molar-refractivity contribution in [2.45, 2.75) is 19.3 Å². The maximum Gasteiger partial charge on any atom is 0.347 e. The summed E-state index contributed by atoms with van der Waals surface area (Å²) >= 11 is 0. The highest BCUT2D eigenvalue weighted by Gasteiger charge is 2.30. The van der Waals surface area contributed by atoms with Crippen LogP contribution in [0.15, 0.2) is 60.7 Å². The number of benzene rings is 2. The smallest absolute Gasteiger partial charge is 0.347 e. The highest BCUT2D eigenvalue weighted by Crippen LogP contribution is 2.05. The van der Waals surface area contributed by atoms with Crippen LogP contribution in [0.5, 0.6) is 0 Å². The van der Waals surface area contributed by atoms with Gasteiger partial charge in [0.25, 0.3) is 6.10 Å². The van der Waals surface area contributed by atoms with Gasteiger partial charge in [0.05, 0.1) is 20.3 Å². The van der Waals surface area contributed by atoms with Crippen molar-refractivity contribution >= 4 is 23.9 Å². The minimum Gasteiger partial charge on any atom is -0.467 e. The highest BCUT2D eigenvalue weighted by atomic mass is 16.6. The van der Waals surface area contributed by atoms with Crippen molar-refractivity contribution in [3.63, 3.8) is 0 Å². The van der Waals surface area contributed by atoms with Crippen molar-refractivity contribution in [3.05, 3.63) is 71.8 Å². The van der Waals surface area contributed by atoms with Crippen molar-refractivity contribution in [3.8, 4) is 0 Å². The number of hydrogen-bond donors (Lipinski definition) is 0. The molecule has 2 aromatic carbocycles. The van der Waals surface area contributed by atoms with Crippen LogP contribution in [-0.2, 0) is 60.8 Å². The zero-order valence-electron chi connectivity index (χ0n) is 18.7.